The fourth-order valence-corrected chi connectivity index (χ4v) is 1.37. The molecule has 4 heteroatoms. The number of rotatable bonds is 7. The lowest BCUT2D eigenvalue weighted by Gasteiger charge is -2.15. The third kappa shape index (κ3) is 12.9. The molecule has 0 aliphatic carbocycles. The van der Waals surface area contributed by atoms with Gasteiger partial charge in [0.15, 0.2) is 0 Å². The highest BCUT2D eigenvalue weighted by atomic mass is 16.4. The molecule has 0 aromatic heterocycles. The number of carbonyl (C=O) groups is 2. The minimum atomic E-state index is -0.807. The molecule has 4 nitrogen and oxygen atoms in total. The first-order chi connectivity index (χ1) is 7.06. The van der Waals surface area contributed by atoms with Crippen molar-refractivity contribution >= 4 is 12.4 Å². The van der Waals surface area contributed by atoms with Gasteiger partial charge in [-0.2, -0.15) is 0 Å². The second kappa shape index (κ2) is 11.0. The predicted molar refractivity (Wildman–Crippen MR) is 60.6 cm³/mol. The van der Waals surface area contributed by atoms with Crippen LogP contribution < -0.4 is 5.32 Å². The molecule has 0 aromatic carbocycles. The van der Waals surface area contributed by atoms with Gasteiger partial charge in [-0.15, -0.1) is 0 Å². The summed E-state index contributed by atoms with van der Waals surface area (Å²) in [7, 11) is 0. The maximum atomic E-state index is 10.4. The lowest BCUT2D eigenvalue weighted by atomic mass is 9.94. The van der Waals surface area contributed by atoms with Gasteiger partial charge in [-0.1, -0.05) is 27.7 Å². The van der Waals surface area contributed by atoms with Gasteiger partial charge < -0.3 is 10.4 Å². The maximum Gasteiger partial charge on any atom is 0.303 e. The zero-order chi connectivity index (χ0) is 12.3. The number of nitrogens with one attached hydrogen (secondary N) is 1. The number of amides is 1. The molecule has 0 heterocycles. The average Bonchev–Trinajstić information content (AvgIpc) is 2.15. The molecular formula is C11H23NO3. The summed E-state index contributed by atoms with van der Waals surface area (Å²) in [6.45, 7) is 8.53. The fourth-order valence-electron chi connectivity index (χ4n) is 1.37. The van der Waals surface area contributed by atoms with Gasteiger partial charge in [0.2, 0.25) is 6.41 Å². The van der Waals surface area contributed by atoms with E-state index in [0.717, 1.165) is 6.42 Å². The number of hydrogen-bond donors (Lipinski definition) is 2. The van der Waals surface area contributed by atoms with E-state index >= 15 is 0 Å². The van der Waals surface area contributed by atoms with Crippen molar-refractivity contribution in [2.75, 3.05) is 6.54 Å². The summed E-state index contributed by atoms with van der Waals surface area (Å²) in [6.07, 6.45) is 1.56. The number of aliphatic carboxylic acids is 1. The summed E-state index contributed by atoms with van der Waals surface area (Å²) in [6, 6.07) is 0. The lowest BCUT2D eigenvalue weighted by Crippen LogP contribution is -2.24. The average molecular weight is 217 g/mol. The molecule has 0 aliphatic rings. The smallest absolute Gasteiger partial charge is 0.303 e. The molecule has 0 saturated heterocycles. The Kier molecular flexibility index (Phi) is 12.0. The van der Waals surface area contributed by atoms with E-state index in [1.54, 1.807) is 0 Å². The molecule has 0 saturated carbocycles. The van der Waals surface area contributed by atoms with E-state index in [-0.39, 0.29) is 12.3 Å². The van der Waals surface area contributed by atoms with Crippen LogP contribution in [0.3, 0.4) is 0 Å². The normalized spacial score (nSPS) is 11.3. The van der Waals surface area contributed by atoms with Gasteiger partial charge >= 0.3 is 5.97 Å². The molecule has 0 aliphatic heterocycles. The first kappa shape index (κ1) is 16.4. The molecule has 1 atom stereocenters. The van der Waals surface area contributed by atoms with Crippen molar-refractivity contribution in [1.29, 1.82) is 0 Å². The molecular weight excluding hydrogens is 194 g/mol. The van der Waals surface area contributed by atoms with Crippen molar-refractivity contribution < 1.29 is 14.7 Å². The highest BCUT2D eigenvalue weighted by Gasteiger charge is 2.14. The Balaban J connectivity index is 0. The Morgan fingerprint density at radius 3 is 2.27 bits per heavy atom. The van der Waals surface area contributed by atoms with E-state index in [0.29, 0.717) is 18.9 Å². The van der Waals surface area contributed by atoms with Crippen LogP contribution in [0.2, 0.25) is 0 Å². The molecule has 90 valence electrons. The van der Waals surface area contributed by atoms with Gasteiger partial charge in [0.25, 0.3) is 0 Å². The zero-order valence-corrected chi connectivity index (χ0v) is 10.1. The summed E-state index contributed by atoms with van der Waals surface area (Å²) in [5.41, 5.74) is 0. The summed E-state index contributed by atoms with van der Waals surface area (Å²) < 4.78 is 0. The molecule has 0 radical (unpaired) electrons. The van der Waals surface area contributed by atoms with Crippen molar-refractivity contribution in [3.63, 3.8) is 0 Å². The van der Waals surface area contributed by atoms with E-state index < -0.39 is 5.97 Å². The van der Waals surface area contributed by atoms with Crippen LogP contribution in [0.25, 0.3) is 0 Å². The summed E-state index contributed by atoms with van der Waals surface area (Å²) in [5, 5.41) is 11.1. The number of carbonyl (C=O) groups excluding carboxylic acids is 1. The molecule has 15 heavy (non-hydrogen) atoms. The molecule has 1 amide bonds. The standard InChI is InChI=1S/C9H17NO3.C2H6/c1-7(2)3-8(4-9(12)13)5-10-6-11;1-2/h6-8H,3-5H2,1-2H3,(H,10,11)(H,12,13);1-2H3. The van der Waals surface area contributed by atoms with Gasteiger partial charge in [-0.25, -0.2) is 0 Å². The Morgan fingerprint density at radius 2 is 1.93 bits per heavy atom. The topological polar surface area (TPSA) is 66.4 Å². The van der Waals surface area contributed by atoms with Crippen LogP contribution in [0.1, 0.15) is 40.5 Å². The molecule has 0 fully saturated rings. The Labute approximate surface area is 92.1 Å². The highest BCUT2D eigenvalue weighted by Crippen LogP contribution is 2.14. The lowest BCUT2D eigenvalue weighted by molar-refractivity contribution is -0.138. The highest BCUT2D eigenvalue weighted by molar-refractivity contribution is 5.67. The third-order valence-corrected chi connectivity index (χ3v) is 1.76. The minimum Gasteiger partial charge on any atom is -0.481 e. The second-order valence-electron chi connectivity index (χ2n) is 3.62. The SMILES string of the molecule is CC.CC(C)CC(CNC=O)CC(=O)O. The molecule has 0 aromatic rings. The van der Waals surface area contributed by atoms with Gasteiger partial charge in [-0.3, -0.25) is 9.59 Å². The predicted octanol–water partition coefficient (Wildman–Crippen LogP) is 1.90. The fraction of sp³-hybridized carbons (Fsp3) is 0.818. The van der Waals surface area contributed by atoms with Crippen molar-refractivity contribution in [3.05, 3.63) is 0 Å². The summed E-state index contributed by atoms with van der Waals surface area (Å²) in [5.74, 6) is -0.307. The summed E-state index contributed by atoms with van der Waals surface area (Å²) in [4.78, 5) is 20.5. The second-order valence-corrected chi connectivity index (χ2v) is 3.62. The van der Waals surface area contributed by atoms with Gasteiger partial charge in [0.1, 0.15) is 0 Å². The van der Waals surface area contributed by atoms with Crippen LogP contribution in [0, 0.1) is 11.8 Å². The van der Waals surface area contributed by atoms with Crippen LogP contribution in [0.15, 0.2) is 0 Å². The van der Waals surface area contributed by atoms with Gasteiger partial charge in [-0.05, 0) is 18.3 Å². The molecule has 2 N–H and O–H groups in total. The van der Waals surface area contributed by atoms with Crippen molar-refractivity contribution in [2.45, 2.75) is 40.5 Å². The monoisotopic (exact) mass is 217 g/mol. The number of carboxylic acid groups (broad SMARTS) is 1. The van der Waals surface area contributed by atoms with E-state index in [9.17, 15) is 9.59 Å². The van der Waals surface area contributed by atoms with E-state index in [1.807, 2.05) is 27.7 Å². The van der Waals surface area contributed by atoms with Crippen molar-refractivity contribution in [2.24, 2.45) is 11.8 Å². The minimum absolute atomic E-state index is 0.0442. The first-order valence-electron chi connectivity index (χ1n) is 5.45. The molecule has 1 unspecified atom stereocenters. The van der Waals surface area contributed by atoms with Crippen molar-refractivity contribution in [1.82, 2.24) is 5.32 Å². The number of hydrogen-bond acceptors (Lipinski definition) is 2. The Bertz CT molecular complexity index is 169. The van der Waals surface area contributed by atoms with E-state index in [1.165, 1.54) is 0 Å². The van der Waals surface area contributed by atoms with E-state index in [4.69, 9.17) is 5.11 Å². The summed E-state index contributed by atoms with van der Waals surface area (Å²) >= 11 is 0. The molecule has 0 spiro atoms. The zero-order valence-electron chi connectivity index (χ0n) is 10.1. The Hall–Kier alpha value is -1.06. The van der Waals surface area contributed by atoms with Gasteiger partial charge in [0, 0.05) is 13.0 Å². The number of carboxylic acids is 1. The van der Waals surface area contributed by atoms with Crippen LogP contribution in [-0.2, 0) is 9.59 Å². The quantitative estimate of drug-likeness (QED) is 0.640. The molecule has 0 bridgehead atoms. The van der Waals surface area contributed by atoms with Gasteiger partial charge in [0.05, 0.1) is 0 Å². The third-order valence-electron chi connectivity index (χ3n) is 1.76. The first-order valence-corrected chi connectivity index (χ1v) is 5.45. The van der Waals surface area contributed by atoms with Crippen LogP contribution in [0.5, 0.6) is 0 Å². The van der Waals surface area contributed by atoms with Crippen LogP contribution in [0.4, 0.5) is 0 Å². The molecule has 0 rings (SSSR count). The van der Waals surface area contributed by atoms with Crippen LogP contribution in [-0.4, -0.2) is 24.0 Å². The maximum absolute atomic E-state index is 10.4. The van der Waals surface area contributed by atoms with Crippen LogP contribution >= 0.6 is 0 Å². The Morgan fingerprint density at radius 1 is 1.40 bits per heavy atom. The van der Waals surface area contributed by atoms with Crippen molar-refractivity contribution in [3.8, 4) is 0 Å². The van der Waals surface area contributed by atoms with E-state index in [2.05, 4.69) is 5.32 Å². The largest absolute Gasteiger partial charge is 0.481 e.